The topological polar surface area (TPSA) is 26.3 Å². The third-order valence-electron chi connectivity index (χ3n) is 8.10. The van der Waals surface area contributed by atoms with Gasteiger partial charge in [-0.2, -0.15) is 0 Å². The Labute approximate surface area is 168 Å². The Balaban J connectivity index is 1.42. The van der Waals surface area contributed by atoms with Crippen LogP contribution in [0.15, 0.2) is 0 Å². The van der Waals surface area contributed by atoms with E-state index >= 15 is 0 Å². The van der Waals surface area contributed by atoms with E-state index < -0.39 is 0 Å². The summed E-state index contributed by atoms with van der Waals surface area (Å²) in [5.74, 6) is 4.86. The van der Waals surface area contributed by atoms with E-state index in [0.717, 1.165) is 55.3 Å². The Morgan fingerprint density at radius 2 is 1.48 bits per heavy atom. The van der Waals surface area contributed by atoms with E-state index in [4.69, 9.17) is 4.74 Å². The maximum Gasteiger partial charge on any atom is 0.306 e. The van der Waals surface area contributed by atoms with Gasteiger partial charge in [-0.25, -0.2) is 0 Å². The first-order chi connectivity index (χ1) is 13.2. The number of fused-ring (bicyclic) bond motifs is 3. The maximum absolute atomic E-state index is 12.0. The average Bonchev–Trinajstić information content (AvgIpc) is 2.69. The molecule has 0 bridgehead atoms. The molecule has 3 fully saturated rings. The molecule has 0 radical (unpaired) electrons. The molecule has 156 valence electrons. The smallest absolute Gasteiger partial charge is 0.306 e. The Kier molecular flexibility index (Phi) is 8.52. The first kappa shape index (κ1) is 21.2. The SMILES string of the molecule is CCCCCC[C@@H]1CCC2C(CCC3C[C@H](OC(=O)CCCC)CCC32)C1. The van der Waals surface area contributed by atoms with Crippen LogP contribution in [0, 0.1) is 29.6 Å². The Morgan fingerprint density at radius 3 is 2.22 bits per heavy atom. The number of esters is 1. The van der Waals surface area contributed by atoms with Crippen molar-refractivity contribution >= 4 is 5.97 Å². The number of rotatable bonds is 9. The summed E-state index contributed by atoms with van der Waals surface area (Å²) < 4.78 is 5.82. The molecule has 0 heterocycles. The molecule has 0 saturated heterocycles. The van der Waals surface area contributed by atoms with E-state index in [1.807, 2.05) is 0 Å². The molecule has 3 rings (SSSR count). The van der Waals surface area contributed by atoms with Gasteiger partial charge < -0.3 is 4.74 Å². The third-order valence-corrected chi connectivity index (χ3v) is 8.10. The van der Waals surface area contributed by atoms with Crippen molar-refractivity contribution in [2.45, 2.75) is 123 Å². The van der Waals surface area contributed by atoms with Crippen molar-refractivity contribution < 1.29 is 9.53 Å². The Hall–Kier alpha value is -0.530. The summed E-state index contributed by atoms with van der Waals surface area (Å²) in [6.45, 7) is 4.45. The van der Waals surface area contributed by atoms with Crippen LogP contribution in [0.2, 0.25) is 0 Å². The molecular weight excluding hydrogens is 332 g/mol. The monoisotopic (exact) mass is 376 g/mol. The van der Waals surface area contributed by atoms with Crippen molar-refractivity contribution in [3.63, 3.8) is 0 Å². The Morgan fingerprint density at radius 1 is 0.778 bits per heavy atom. The fourth-order valence-electron chi connectivity index (χ4n) is 6.64. The van der Waals surface area contributed by atoms with Crippen molar-refractivity contribution in [3.8, 4) is 0 Å². The summed E-state index contributed by atoms with van der Waals surface area (Å²) in [6, 6.07) is 0. The fourth-order valence-corrected chi connectivity index (χ4v) is 6.64. The first-order valence-corrected chi connectivity index (χ1v) is 12.4. The van der Waals surface area contributed by atoms with Gasteiger partial charge in [0.2, 0.25) is 0 Å². The number of hydrogen-bond acceptors (Lipinski definition) is 2. The van der Waals surface area contributed by atoms with Crippen LogP contribution in [0.4, 0.5) is 0 Å². The predicted octanol–water partition coefficient (Wildman–Crippen LogP) is 7.30. The molecule has 0 spiro atoms. The van der Waals surface area contributed by atoms with Gasteiger partial charge >= 0.3 is 5.97 Å². The Bertz CT molecular complexity index is 446. The highest BCUT2D eigenvalue weighted by Crippen LogP contribution is 2.53. The van der Waals surface area contributed by atoms with Gasteiger partial charge in [0, 0.05) is 6.42 Å². The molecule has 0 aliphatic heterocycles. The highest BCUT2D eigenvalue weighted by Gasteiger charge is 2.44. The zero-order valence-corrected chi connectivity index (χ0v) is 18.1. The molecule has 0 N–H and O–H groups in total. The van der Waals surface area contributed by atoms with E-state index in [2.05, 4.69) is 13.8 Å². The lowest BCUT2D eigenvalue weighted by Gasteiger charge is -2.50. The molecule has 0 amide bonds. The summed E-state index contributed by atoms with van der Waals surface area (Å²) in [6.07, 6.45) is 21.0. The fraction of sp³-hybridized carbons (Fsp3) is 0.960. The van der Waals surface area contributed by atoms with E-state index in [0.29, 0.717) is 6.42 Å². The minimum absolute atomic E-state index is 0.0533. The zero-order chi connectivity index (χ0) is 19.1. The van der Waals surface area contributed by atoms with Crippen LogP contribution in [0.3, 0.4) is 0 Å². The van der Waals surface area contributed by atoms with Gasteiger partial charge in [-0.3, -0.25) is 4.79 Å². The van der Waals surface area contributed by atoms with Gasteiger partial charge in [0.1, 0.15) is 6.10 Å². The molecule has 0 aromatic rings. The lowest BCUT2D eigenvalue weighted by molar-refractivity contribution is -0.153. The number of unbranched alkanes of at least 4 members (excludes halogenated alkanes) is 4. The minimum Gasteiger partial charge on any atom is -0.462 e. The number of carbonyl (C=O) groups excluding carboxylic acids is 1. The second kappa shape index (κ2) is 10.9. The maximum atomic E-state index is 12.0. The summed E-state index contributed by atoms with van der Waals surface area (Å²) in [5.41, 5.74) is 0. The largest absolute Gasteiger partial charge is 0.462 e. The molecule has 3 saturated carbocycles. The van der Waals surface area contributed by atoms with E-state index in [-0.39, 0.29) is 12.1 Å². The molecule has 6 atom stereocenters. The molecule has 2 nitrogen and oxygen atoms in total. The van der Waals surface area contributed by atoms with Crippen LogP contribution in [-0.4, -0.2) is 12.1 Å². The van der Waals surface area contributed by atoms with Gasteiger partial charge in [-0.15, -0.1) is 0 Å². The number of hydrogen-bond donors (Lipinski definition) is 0. The molecule has 0 aromatic carbocycles. The summed E-state index contributed by atoms with van der Waals surface area (Å²) >= 11 is 0. The molecule has 4 unspecified atom stereocenters. The van der Waals surface area contributed by atoms with Crippen LogP contribution < -0.4 is 0 Å². The van der Waals surface area contributed by atoms with Crippen molar-refractivity contribution in [1.29, 1.82) is 0 Å². The summed E-state index contributed by atoms with van der Waals surface area (Å²) in [7, 11) is 0. The predicted molar refractivity (Wildman–Crippen MR) is 113 cm³/mol. The molecule has 27 heavy (non-hydrogen) atoms. The molecule has 2 heteroatoms. The van der Waals surface area contributed by atoms with Crippen LogP contribution in [0.5, 0.6) is 0 Å². The third kappa shape index (κ3) is 5.97. The first-order valence-electron chi connectivity index (χ1n) is 12.4. The van der Waals surface area contributed by atoms with Crippen LogP contribution >= 0.6 is 0 Å². The second-order valence-electron chi connectivity index (χ2n) is 9.98. The summed E-state index contributed by atoms with van der Waals surface area (Å²) in [5, 5.41) is 0. The molecule has 3 aliphatic carbocycles. The molecule has 0 aromatic heterocycles. The van der Waals surface area contributed by atoms with E-state index in [1.54, 1.807) is 0 Å². The lowest BCUT2D eigenvalue weighted by Crippen LogP contribution is -2.43. The van der Waals surface area contributed by atoms with Crippen molar-refractivity contribution in [2.24, 2.45) is 29.6 Å². The lowest BCUT2D eigenvalue weighted by atomic mass is 9.56. The highest BCUT2D eigenvalue weighted by atomic mass is 16.5. The van der Waals surface area contributed by atoms with Gasteiger partial charge in [0.25, 0.3) is 0 Å². The molecule has 3 aliphatic rings. The van der Waals surface area contributed by atoms with Gasteiger partial charge in [-0.05, 0) is 81.0 Å². The van der Waals surface area contributed by atoms with Gasteiger partial charge in [-0.1, -0.05) is 58.8 Å². The quantitative estimate of drug-likeness (QED) is 0.312. The number of carbonyl (C=O) groups is 1. The van der Waals surface area contributed by atoms with Crippen LogP contribution in [0.25, 0.3) is 0 Å². The average molecular weight is 377 g/mol. The van der Waals surface area contributed by atoms with Crippen molar-refractivity contribution in [1.82, 2.24) is 0 Å². The second-order valence-corrected chi connectivity index (χ2v) is 9.98. The van der Waals surface area contributed by atoms with Gasteiger partial charge in [0.05, 0.1) is 0 Å². The minimum atomic E-state index is 0.0533. The zero-order valence-electron chi connectivity index (χ0n) is 18.1. The summed E-state index contributed by atoms with van der Waals surface area (Å²) in [4.78, 5) is 12.0. The van der Waals surface area contributed by atoms with E-state index in [9.17, 15) is 4.79 Å². The van der Waals surface area contributed by atoms with Crippen molar-refractivity contribution in [3.05, 3.63) is 0 Å². The van der Waals surface area contributed by atoms with E-state index in [1.165, 1.54) is 70.6 Å². The molecular formula is C25H44O2. The standard InChI is InChI=1S/C25H44O2/c1-3-5-7-8-9-19-11-15-23-20(17-19)12-13-21-18-22(14-16-24(21)23)27-25(26)10-6-4-2/h19-24H,3-18H2,1-2H3/t19-,20?,21?,22-,23?,24?/m1/s1. The number of ether oxygens (including phenoxy) is 1. The van der Waals surface area contributed by atoms with Crippen LogP contribution in [0.1, 0.15) is 117 Å². The highest BCUT2D eigenvalue weighted by molar-refractivity contribution is 5.69. The normalized spacial score (nSPS) is 35.9. The van der Waals surface area contributed by atoms with Crippen molar-refractivity contribution in [2.75, 3.05) is 0 Å². The van der Waals surface area contributed by atoms with Gasteiger partial charge in [0.15, 0.2) is 0 Å². The van der Waals surface area contributed by atoms with Crippen LogP contribution in [-0.2, 0) is 9.53 Å².